The van der Waals surface area contributed by atoms with E-state index in [0.717, 1.165) is 23.4 Å². The van der Waals surface area contributed by atoms with Gasteiger partial charge in [-0.2, -0.15) is 0 Å². The van der Waals surface area contributed by atoms with E-state index in [9.17, 15) is 0 Å². The van der Waals surface area contributed by atoms with E-state index in [1.165, 1.54) is 38.5 Å². The van der Waals surface area contributed by atoms with Gasteiger partial charge < -0.3 is 5.73 Å². The van der Waals surface area contributed by atoms with Crippen molar-refractivity contribution in [3.63, 3.8) is 0 Å². The zero-order chi connectivity index (χ0) is 12.3. The highest BCUT2D eigenvalue weighted by Gasteiger charge is 2.52. The third-order valence-corrected chi connectivity index (χ3v) is 5.63. The summed E-state index contributed by atoms with van der Waals surface area (Å²) in [4.78, 5) is 8.76. The zero-order valence-electron chi connectivity index (χ0n) is 10.4. The third-order valence-electron chi connectivity index (χ3n) is 5.33. The van der Waals surface area contributed by atoms with Crippen molar-refractivity contribution >= 4 is 17.4 Å². The van der Waals surface area contributed by atoms with Gasteiger partial charge in [-0.3, -0.25) is 0 Å². The van der Waals surface area contributed by atoms with E-state index < -0.39 is 0 Å². The largest absolute Gasteiger partial charge is 0.381 e. The predicted molar refractivity (Wildman–Crippen MR) is 71.3 cm³/mol. The summed E-state index contributed by atoms with van der Waals surface area (Å²) in [6.07, 6.45) is 10.0. The molecule has 3 nitrogen and oxygen atoms in total. The summed E-state index contributed by atoms with van der Waals surface area (Å²) in [6.45, 7) is 0. The van der Waals surface area contributed by atoms with Crippen molar-refractivity contribution in [1.82, 2.24) is 9.97 Å². The van der Waals surface area contributed by atoms with Crippen LogP contribution in [0.5, 0.6) is 0 Å². The Morgan fingerprint density at radius 3 is 2.17 bits per heavy atom. The molecule has 1 aromatic heterocycles. The molecule has 96 valence electrons. The van der Waals surface area contributed by atoms with Crippen LogP contribution in [0.4, 0.5) is 5.82 Å². The lowest BCUT2D eigenvalue weighted by molar-refractivity contribution is -0.00730. The summed E-state index contributed by atoms with van der Waals surface area (Å²) in [5.74, 6) is 3.13. The number of halogens is 1. The van der Waals surface area contributed by atoms with Crippen LogP contribution < -0.4 is 5.73 Å². The SMILES string of the molecule is Nc1nc(C23CC4CC(CC(C4)C2)C3)cnc1Cl. The second-order valence-electron chi connectivity index (χ2n) is 6.63. The molecule has 4 heteroatoms. The van der Waals surface area contributed by atoms with Gasteiger partial charge in [0.1, 0.15) is 0 Å². The Morgan fingerprint density at radius 2 is 1.67 bits per heavy atom. The molecule has 4 fully saturated rings. The average molecular weight is 264 g/mol. The van der Waals surface area contributed by atoms with Gasteiger partial charge in [-0.1, -0.05) is 11.6 Å². The molecule has 0 aromatic carbocycles. The fourth-order valence-electron chi connectivity index (χ4n) is 5.07. The van der Waals surface area contributed by atoms with Gasteiger partial charge in [-0.05, 0) is 56.3 Å². The van der Waals surface area contributed by atoms with Crippen molar-refractivity contribution in [1.29, 1.82) is 0 Å². The monoisotopic (exact) mass is 263 g/mol. The standard InChI is InChI=1S/C14H18ClN3/c15-12-13(16)18-11(7-17-12)14-4-8-1-9(5-14)3-10(2-8)6-14/h7-10H,1-6H2,(H2,16,18). The normalized spacial score (nSPS) is 41.3. The molecule has 5 rings (SSSR count). The Balaban J connectivity index is 1.76. The lowest BCUT2D eigenvalue weighted by Crippen LogP contribution is -2.49. The van der Waals surface area contributed by atoms with Crippen LogP contribution in [-0.2, 0) is 5.41 Å². The first kappa shape index (κ1) is 11.0. The Bertz CT molecular complexity index is 465. The van der Waals surface area contributed by atoms with E-state index in [2.05, 4.69) is 9.97 Å². The minimum atomic E-state index is 0.264. The lowest BCUT2D eigenvalue weighted by Gasteiger charge is -2.56. The van der Waals surface area contributed by atoms with E-state index in [1.54, 1.807) is 0 Å². The number of nitrogens with two attached hydrogens (primary N) is 1. The van der Waals surface area contributed by atoms with Crippen LogP contribution in [0, 0.1) is 17.8 Å². The Hall–Kier alpha value is -0.830. The van der Waals surface area contributed by atoms with E-state index in [4.69, 9.17) is 17.3 Å². The molecular formula is C14H18ClN3. The van der Waals surface area contributed by atoms with Crippen molar-refractivity contribution in [2.45, 2.75) is 43.9 Å². The summed E-state index contributed by atoms with van der Waals surface area (Å²) < 4.78 is 0. The highest BCUT2D eigenvalue weighted by atomic mass is 35.5. The number of hydrogen-bond donors (Lipinski definition) is 1. The van der Waals surface area contributed by atoms with E-state index >= 15 is 0 Å². The van der Waals surface area contributed by atoms with Gasteiger partial charge in [0.15, 0.2) is 11.0 Å². The summed E-state index contributed by atoms with van der Waals surface area (Å²) >= 11 is 5.89. The number of aromatic nitrogens is 2. The van der Waals surface area contributed by atoms with Gasteiger partial charge in [0, 0.05) is 5.41 Å². The second-order valence-corrected chi connectivity index (χ2v) is 6.99. The maximum absolute atomic E-state index is 5.89. The maximum Gasteiger partial charge on any atom is 0.171 e. The molecule has 0 saturated heterocycles. The van der Waals surface area contributed by atoms with Gasteiger partial charge in [-0.25, -0.2) is 9.97 Å². The first-order chi connectivity index (χ1) is 8.64. The molecule has 0 amide bonds. The molecule has 18 heavy (non-hydrogen) atoms. The molecule has 0 aliphatic heterocycles. The molecule has 4 aliphatic carbocycles. The summed E-state index contributed by atoms with van der Waals surface area (Å²) in [7, 11) is 0. The summed E-state index contributed by atoms with van der Waals surface area (Å²) in [5.41, 5.74) is 7.20. The van der Waals surface area contributed by atoms with Crippen molar-refractivity contribution in [3.05, 3.63) is 17.0 Å². The summed E-state index contributed by atoms with van der Waals surface area (Å²) in [5, 5.41) is 0.337. The number of hydrogen-bond acceptors (Lipinski definition) is 3. The van der Waals surface area contributed by atoms with Gasteiger partial charge in [0.2, 0.25) is 0 Å². The highest BCUT2D eigenvalue weighted by Crippen LogP contribution is 2.60. The van der Waals surface area contributed by atoms with E-state index in [1.807, 2.05) is 6.20 Å². The van der Waals surface area contributed by atoms with Crippen molar-refractivity contribution < 1.29 is 0 Å². The van der Waals surface area contributed by atoms with Crippen LogP contribution in [-0.4, -0.2) is 9.97 Å². The minimum Gasteiger partial charge on any atom is -0.381 e. The maximum atomic E-state index is 5.89. The quantitative estimate of drug-likeness (QED) is 0.847. The first-order valence-corrected chi connectivity index (χ1v) is 7.31. The fraction of sp³-hybridized carbons (Fsp3) is 0.714. The predicted octanol–water partition coefficient (Wildman–Crippen LogP) is 3.18. The zero-order valence-corrected chi connectivity index (χ0v) is 11.2. The van der Waals surface area contributed by atoms with Crippen molar-refractivity contribution in [2.75, 3.05) is 5.73 Å². The van der Waals surface area contributed by atoms with Crippen LogP contribution in [0.1, 0.15) is 44.2 Å². The molecule has 0 unspecified atom stereocenters. The first-order valence-electron chi connectivity index (χ1n) is 6.93. The van der Waals surface area contributed by atoms with Gasteiger partial charge in [-0.15, -0.1) is 0 Å². The number of rotatable bonds is 1. The molecule has 0 radical (unpaired) electrons. The molecule has 4 bridgehead atoms. The van der Waals surface area contributed by atoms with Crippen LogP contribution in [0.2, 0.25) is 5.15 Å². The van der Waals surface area contributed by atoms with Crippen LogP contribution in [0.25, 0.3) is 0 Å². The Labute approximate surface area is 112 Å². The van der Waals surface area contributed by atoms with Gasteiger partial charge >= 0.3 is 0 Å². The minimum absolute atomic E-state index is 0.264. The molecule has 2 N–H and O–H groups in total. The number of nitrogens with zero attached hydrogens (tertiary/aromatic N) is 2. The Morgan fingerprint density at radius 1 is 1.11 bits per heavy atom. The third kappa shape index (κ3) is 1.49. The average Bonchev–Trinajstić information content (AvgIpc) is 2.31. The topological polar surface area (TPSA) is 51.8 Å². The number of anilines is 1. The molecular weight excluding hydrogens is 246 g/mol. The lowest BCUT2D eigenvalue weighted by atomic mass is 9.49. The molecule has 0 atom stereocenters. The molecule has 0 spiro atoms. The molecule has 1 heterocycles. The fourth-order valence-corrected chi connectivity index (χ4v) is 5.16. The van der Waals surface area contributed by atoms with Crippen molar-refractivity contribution in [2.24, 2.45) is 17.8 Å². The van der Waals surface area contributed by atoms with Gasteiger partial charge in [0.05, 0.1) is 11.9 Å². The van der Waals surface area contributed by atoms with Crippen LogP contribution in [0.15, 0.2) is 6.20 Å². The van der Waals surface area contributed by atoms with E-state index in [0.29, 0.717) is 11.0 Å². The van der Waals surface area contributed by atoms with E-state index in [-0.39, 0.29) is 5.41 Å². The summed E-state index contributed by atoms with van der Waals surface area (Å²) in [6, 6.07) is 0. The number of nitrogen functional groups attached to an aromatic ring is 1. The molecule has 1 aromatic rings. The smallest absolute Gasteiger partial charge is 0.171 e. The van der Waals surface area contributed by atoms with Crippen LogP contribution >= 0.6 is 11.6 Å². The molecule has 4 saturated carbocycles. The van der Waals surface area contributed by atoms with Gasteiger partial charge in [0.25, 0.3) is 0 Å². The Kier molecular flexibility index (Phi) is 2.20. The van der Waals surface area contributed by atoms with Crippen LogP contribution in [0.3, 0.4) is 0 Å². The second kappa shape index (κ2) is 3.60. The van der Waals surface area contributed by atoms with Crippen molar-refractivity contribution in [3.8, 4) is 0 Å². The highest BCUT2D eigenvalue weighted by molar-refractivity contribution is 6.31. The molecule has 4 aliphatic rings.